The molecule has 0 unspecified atom stereocenters. The minimum Gasteiger partial charge on any atom is -0.360 e. The van der Waals surface area contributed by atoms with Crippen molar-refractivity contribution in [2.45, 2.75) is 13.8 Å². The van der Waals surface area contributed by atoms with Crippen LogP contribution < -0.4 is 5.32 Å². The molecule has 0 aliphatic rings. The van der Waals surface area contributed by atoms with Crippen LogP contribution in [-0.4, -0.2) is 23.2 Å². The van der Waals surface area contributed by atoms with E-state index in [2.05, 4.69) is 10.3 Å². The number of ketones is 1. The summed E-state index contributed by atoms with van der Waals surface area (Å²) in [5, 5.41) is 2.97. The van der Waals surface area contributed by atoms with E-state index in [1.165, 1.54) is 24.4 Å². The van der Waals surface area contributed by atoms with Gasteiger partial charge < -0.3 is 10.3 Å². The van der Waals surface area contributed by atoms with Crippen molar-refractivity contribution in [1.82, 2.24) is 10.3 Å². The van der Waals surface area contributed by atoms with Gasteiger partial charge in [-0.3, -0.25) is 9.59 Å². The molecule has 0 bridgehead atoms. The molecule has 5 heteroatoms. The summed E-state index contributed by atoms with van der Waals surface area (Å²) in [5.41, 5.74) is 0.817. The lowest BCUT2D eigenvalue weighted by molar-refractivity contribution is -0.117. The Bertz CT molecular complexity index is 631. The van der Waals surface area contributed by atoms with E-state index in [0.29, 0.717) is 17.4 Å². The van der Waals surface area contributed by atoms with Crippen LogP contribution in [0.15, 0.2) is 24.4 Å². The van der Waals surface area contributed by atoms with Crippen LogP contribution in [0.5, 0.6) is 0 Å². The fourth-order valence-electron chi connectivity index (χ4n) is 1.78. The second-order valence-corrected chi connectivity index (χ2v) is 4.83. The molecular formula is C14H15FN2O2. The van der Waals surface area contributed by atoms with Gasteiger partial charge >= 0.3 is 0 Å². The van der Waals surface area contributed by atoms with Crippen molar-refractivity contribution in [3.05, 3.63) is 35.8 Å². The summed E-state index contributed by atoms with van der Waals surface area (Å²) in [6, 6.07) is 4.08. The van der Waals surface area contributed by atoms with Gasteiger partial charge in [-0.2, -0.15) is 0 Å². The number of Topliss-reactive ketones (excluding diaryl/α,β-unsaturated/α-hetero) is 1. The number of aromatic amines is 1. The first kappa shape index (κ1) is 13.3. The fraction of sp³-hybridized carbons (Fsp3) is 0.286. The van der Waals surface area contributed by atoms with Gasteiger partial charge in [0.05, 0.1) is 5.56 Å². The molecule has 0 atom stereocenters. The van der Waals surface area contributed by atoms with Crippen molar-refractivity contribution in [2.75, 3.05) is 6.54 Å². The standard InChI is InChI=1S/C14H15FN2O2/c1-8(2)6-17-14(19)13(18)11-7-16-12-4-3-9(15)5-10(11)12/h3-5,7-8,16H,6H2,1-2H3,(H,17,19). The Morgan fingerprint density at radius 2 is 2.11 bits per heavy atom. The first-order valence-corrected chi connectivity index (χ1v) is 6.08. The monoisotopic (exact) mass is 262 g/mol. The minimum atomic E-state index is -0.668. The molecule has 2 aromatic rings. The van der Waals surface area contributed by atoms with Crippen molar-refractivity contribution < 1.29 is 14.0 Å². The van der Waals surface area contributed by atoms with Crippen LogP contribution >= 0.6 is 0 Å². The smallest absolute Gasteiger partial charge is 0.292 e. The zero-order valence-corrected chi connectivity index (χ0v) is 10.8. The quantitative estimate of drug-likeness (QED) is 0.656. The Morgan fingerprint density at radius 3 is 2.79 bits per heavy atom. The highest BCUT2D eigenvalue weighted by atomic mass is 19.1. The van der Waals surface area contributed by atoms with Crippen molar-refractivity contribution in [2.24, 2.45) is 5.92 Å². The summed E-state index contributed by atoms with van der Waals surface area (Å²) in [6.45, 7) is 4.30. The highest BCUT2D eigenvalue weighted by Gasteiger charge is 2.20. The zero-order chi connectivity index (χ0) is 14.0. The van der Waals surface area contributed by atoms with Gasteiger partial charge in [-0.1, -0.05) is 13.8 Å². The molecule has 0 saturated carbocycles. The predicted molar refractivity (Wildman–Crippen MR) is 70.4 cm³/mol. The molecule has 0 aliphatic heterocycles. The number of carbonyl (C=O) groups excluding carboxylic acids is 2. The van der Waals surface area contributed by atoms with Gasteiger partial charge in [0, 0.05) is 23.6 Å². The van der Waals surface area contributed by atoms with Crippen LogP contribution in [0.25, 0.3) is 10.9 Å². The first-order chi connectivity index (χ1) is 8.99. The summed E-state index contributed by atoms with van der Waals surface area (Å²) in [4.78, 5) is 26.5. The lowest BCUT2D eigenvalue weighted by Gasteiger charge is -2.06. The lowest BCUT2D eigenvalue weighted by Crippen LogP contribution is -2.33. The molecule has 1 aromatic heterocycles. The Labute approximate surface area is 110 Å². The van der Waals surface area contributed by atoms with Gasteiger partial charge in [0.1, 0.15) is 5.82 Å². The molecular weight excluding hydrogens is 247 g/mol. The largest absolute Gasteiger partial charge is 0.360 e. The van der Waals surface area contributed by atoms with Gasteiger partial charge in [-0.15, -0.1) is 0 Å². The number of H-pyrrole nitrogens is 1. The number of rotatable bonds is 4. The first-order valence-electron chi connectivity index (χ1n) is 6.08. The molecule has 1 aromatic carbocycles. The molecule has 0 fully saturated rings. The molecule has 0 aliphatic carbocycles. The maximum absolute atomic E-state index is 13.2. The Hall–Kier alpha value is -2.17. The van der Waals surface area contributed by atoms with Crippen molar-refractivity contribution in [1.29, 1.82) is 0 Å². The summed E-state index contributed by atoms with van der Waals surface area (Å²) in [6.07, 6.45) is 1.43. The van der Waals surface area contributed by atoms with E-state index in [1.54, 1.807) is 0 Å². The molecule has 1 heterocycles. The fourth-order valence-corrected chi connectivity index (χ4v) is 1.78. The summed E-state index contributed by atoms with van der Waals surface area (Å²) in [5.74, 6) is -1.50. The SMILES string of the molecule is CC(C)CNC(=O)C(=O)c1c[nH]c2ccc(F)cc12. The van der Waals surface area contributed by atoms with Crippen LogP contribution in [0.2, 0.25) is 0 Å². The number of benzene rings is 1. The van der Waals surface area contributed by atoms with Gasteiger partial charge in [0.25, 0.3) is 11.7 Å². The minimum absolute atomic E-state index is 0.191. The second-order valence-electron chi connectivity index (χ2n) is 4.83. The molecule has 0 spiro atoms. The van der Waals surface area contributed by atoms with E-state index >= 15 is 0 Å². The average Bonchev–Trinajstić information content (AvgIpc) is 2.77. The highest BCUT2D eigenvalue weighted by Crippen LogP contribution is 2.19. The maximum atomic E-state index is 13.2. The second kappa shape index (κ2) is 5.22. The van der Waals surface area contributed by atoms with E-state index < -0.39 is 17.5 Å². The van der Waals surface area contributed by atoms with Gasteiger partial charge in [0.15, 0.2) is 0 Å². The van der Waals surface area contributed by atoms with Crippen LogP contribution in [0.4, 0.5) is 4.39 Å². The number of carbonyl (C=O) groups is 2. The highest BCUT2D eigenvalue weighted by molar-refractivity contribution is 6.44. The number of hydrogen-bond donors (Lipinski definition) is 2. The van der Waals surface area contributed by atoms with Gasteiger partial charge in [-0.25, -0.2) is 4.39 Å². The van der Waals surface area contributed by atoms with Crippen molar-refractivity contribution in [3.8, 4) is 0 Å². The molecule has 0 radical (unpaired) electrons. The van der Waals surface area contributed by atoms with Crippen molar-refractivity contribution >= 4 is 22.6 Å². The van der Waals surface area contributed by atoms with E-state index in [9.17, 15) is 14.0 Å². The summed E-state index contributed by atoms with van der Waals surface area (Å²) in [7, 11) is 0. The maximum Gasteiger partial charge on any atom is 0.292 e. The molecule has 0 saturated heterocycles. The van der Waals surface area contributed by atoms with E-state index in [-0.39, 0.29) is 11.5 Å². The number of halogens is 1. The number of fused-ring (bicyclic) bond motifs is 1. The molecule has 2 N–H and O–H groups in total. The third-order valence-corrected chi connectivity index (χ3v) is 2.77. The third-order valence-electron chi connectivity index (χ3n) is 2.77. The van der Waals surface area contributed by atoms with E-state index in [4.69, 9.17) is 0 Å². The molecule has 100 valence electrons. The average molecular weight is 262 g/mol. The van der Waals surface area contributed by atoms with Gasteiger partial charge in [-0.05, 0) is 24.1 Å². The van der Waals surface area contributed by atoms with Crippen LogP contribution in [0.1, 0.15) is 24.2 Å². The summed E-state index contributed by atoms with van der Waals surface area (Å²) < 4.78 is 13.2. The number of nitrogens with one attached hydrogen (secondary N) is 2. The number of aromatic nitrogens is 1. The molecule has 19 heavy (non-hydrogen) atoms. The number of hydrogen-bond acceptors (Lipinski definition) is 2. The third kappa shape index (κ3) is 2.81. The Kier molecular flexibility index (Phi) is 3.64. The number of amides is 1. The molecule has 1 amide bonds. The predicted octanol–water partition coefficient (Wildman–Crippen LogP) is 2.26. The van der Waals surface area contributed by atoms with E-state index in [0.717, 1.165) is 0 Å². The normalized spacial score (nSPS) is 10.9. The Morgan fingerprint density at radius 1 is 1.37 bits per heavy atom. The molecule has 2 rings (SSSR count). The van der Waals surface area contributed by atoms with Crippen LogP contribution in [0.3, 0.4) is 0 Å². The van der Waals surface area contributed by atoms with Crippen LogP contribution in [-0.2, 0) is 4.79 Å². The Balaban J connectivity index is 2.26. The zero-order valence-electron chi connectivity index (χ0n) is 10.8. The summed E-state index contributed by atoms with van der Waals surface area (Å²) >= 11 is 0. The van der Waals surface area contributed by atoms with E-state index in [1.807, 2.05) is 13.8 Å². The lowest BCUT2D eigenvalue weighted by atomic mass is 10.1. The van der Waals surface area contributed by atoms with Crippen LogP contribution in [0, 0.1) is 11.7 Å². The topological polar surface area (TPSA) is 62.0 Å². The molecule has 4 nitrogen and oxygen atoms in total. The van der Waals surface area contributed by atoms with Crippen molar-refractivity contribution in [3.63, 3.8) is 0 Å². The van der Waals surface area contributed by atoms with Gasteiger partial charge in [0.2, 0.25) is 0 Å².